The molecule has 0 spiro atoms. The lowest BCUT2D eigenvalue weighted by Gasteiger charge is -2.40. The highest BCUT2D eigenvalue weighted by molar-refractivity contribution is 6.74. The molecule has 1 rings (SSSR count). The Kier molecular flexibility index (Phi) is 5.60. The van der Waals surface area contributed by atoms with E-state index in [2.05, 4.69) is 33.9 Å². The van der Waals surface area contributed by atoms with Gasteiger partial charge in [-0.1, -0.05) is 26.8 Å². The van der Waals surface area contributed by atoms with Crippen LogP contribution in [0.15, 0.2) is 11.6 Å². The molecule has 0 aliphatic carbocycles. The van der Waals surface area contributed by atoms with E-state index >= 15 is 0 Å². The quantitative estimate of drug-likeness (QED) is 0.542. The summed E-state index contributed by atoms with van der Waals surface area (Å²) in [6.07, 6.45) is -0.434. The van der Waals surface area contributed by atoms with Crippen molar-refractivity contribution < 1.29 is 24.5 Å². The monoisotopic (exact) mass is 317 g/mol. The van der Waals surface area contributed by atoms with Gasteiger partial charge in [-0.05, 0) is 23.7 Å². The van der Waals surface area contributed by atoms with Gasteiger partial charge < -0.3 is 19.7 Å². The maximum atomic E-state index is 11.3. The molecule has 0 saturated carbocycles. The maximum Gasteiger partial charge on any atom is 0.407 e. The molecule has 21 heavy (non-hydrogen) atoms. The van der Waals surface area contributed by atoms with Crippen LogP contribution in [0.2, 0.25) is 18.1 Å². The minimum Gasteiger partial charge on any atom is -0.465 e. The van der Waals surface area contributed by atoms with E-state index in [1.54, 1.807) is 6.08 Å². The molecule has 7 heteroatoms. The van der Waals surface area contributed by atoms with Crippen LogP contribution in [-0.4, -0.2) is 66.5 Å². The zero-order chi connectivity index (χ0) is 16.4. The van der Waals surface area contributed by atoms with Gasteiger partial charge in [0.2, 0.25) is 0 Å². The average Bonchev–Trinajstić information content (AvgIpc) is 2.35. The topological polar surface area (TPSA) is 90.2 Å². The average molecular weight is 317 g/mol. The van der Waals surface area contributed by atoms with E-state index in [0.717, 1.165) is 4.90 Å². The fourth-order valence-electron chi connectivity index (χ4n) is 1.91. The van der Waals surface area contributed by atoms with Gasteiger partial charge in [-0.2, -0.15) is 0 Å². The number of hydrogen-bond donors (Lipinski definition) is 3. The second-order valence-corrected chi connectivity index (χ2v) is 11.8. The molecule has 1 amide bonds. The zero-order valence-electron chi connectivity index (χ0n) is 13.5. The van der Waals surface area contributed by atoms with Crippen molar-refractivity contribution in [1.82, 2.24) is 4.90 Å². The van der Waals surface area contributed by atoms with Crippen molar-refractivity contribution >= 4 is 14.4 Å². The Bertz CT molecular complexity index is 416. The van der Waals surface area contributed by atoms with Crippen molar-refractivity contribution in [2.24, 2.45) is 0 Å². The lowest BCUT2D eigenvalue weighted by molar-refractivity contribution is 0.0679. The summed E-state index contributed by atoms with van der Waals surface area (Å²) in [5, 5.41) is 28.3. The summed E-state index contributed by atoms with van der Waals surface area (Å²) in [5.74, 6) is 0. The normalized spacial score (nSPS) is 24.0. The first-order valence-electron chi connectivity index (χ1n) is 7.12. The van der Waals surface area contributed by atoms with Crippen molar-refractivity contribution in [2.75, 3.05) is 19.8 Å². The third kappa shape index (κ3) is 4.29. The summed E-state index contributed by atoms with van der Waals surface area (Å²) in [6.45, 7) is 10.5. The molecule has 0 radical (unpaired) electrons. The number of nitrogens with zero attached hydrogens (tertiary/aromatic N) is 1. The fraction of sp³-hybridized carbons (Fsp3) is 0.786. The second-order valence-electron chi connectivity index (χ2n) is 6.99. The van der Waals surface area contributed by atoms with Crippen molar-refractivity contribution in [3.05, 3.63) is 11.6 Å². The van der Waals surface area contributed by atoms with Crippen LogP contribution in [-0.2, 0) is 4.43 Å². The van der Waals surface area contributed by atoms with Crippen LogP contribution in [0.3, 0.4) is 0 Å². The molecular weight excluding hydrogens is 290 g/mol. The Balaban J connectivity index is 2.87. The number of rotatable bonds is 4. The van der Waals surface area contributed by atoms with Gasteiger partial charge in [0.05, 0.1) is 31.9 Å². The van der Waals surface area contributed by atoms with Crippen LogP contribution in [0.25, 0.3) is 0 Å². The summed E-state index contributed by atoms with van der Waals surface area (Å²) < 4.78 is 6.07. The van der Waals surface area contributed by atoms with E-state index in [4.69, 9.17) is 4.43 Å². The first kappa shape index (κ1) is 18.2. The molecular formula is C14H27NO5Si. The Morgan fingerprint density at radius 1 is 1.48 bits per heavy atom. The Hall–Kier alpha value is -0.893. The maximum absolute atomic E-state index is 11.3. The number of aliphatic hydroxyl groups excluding tert-OH is 2. The number of carbonyl (C=O) groups is 1. The molecule has 122 valence electrons. The first-order valence-corrected chi connectivity index (χ1v) is 10.0. The van der Waals surface area contributed by atoms with Crippen LogP contribution < -0.4 is 0 Å². The van der Waals surface area contributed by atoms with Crippen molar-refractivity contribution in [3.63, 3.8) is 0 Å². The Morgan fingerprint density at radius 3 is 2.48 bits per heavy atom. The van der Waals surface area contributed by atoms with E-state index in [1.807, 2.05) is 0 Å². The van der Waals surface area contributed by atoms with Gasteiger partial charge in [0.25, 0.3) is 0 Å². The Morgan fingerprint density at radius 2 is 2.05 bits per heavy atom. The van der Waals surface area contributed by atoms with E-state index in [0.29, 0.717) is 5.57 Å². The highest BCUT2D eigenvalue weighted by Crippen LogP contribution is 2.36. The molecule has 1 aliphatic rings. The number of hydrogen-bond acceptors (Lipinski definition) is 4. The third-order valence-electron chi connectivity index (χ3n) is 4.45. The van der Waals surface area contributed by atoms with Crippen LogP contribution >= 0.6 is 0 Å². The van der Waals surface area contributed by atoms with Gasteiger partial charge in [0, 0.05) is 0 Å². The lowest BCUT2D eigenvalue weighted by atomic mass is 10.0. The predicted molar refractivity (Wildman–Crippen MR) is 82.8 cm³/mol. The van der Waals surface area contributed by atoms with Gasteiger partial charge in [0.15, 0.2) is 8.32 Å². The molecule has 3 N–H and O–H groups in total. The molecule has 1 heterocycles. The molecule has 0 aromatic rings. The molecule has 6 nitrogen and oxygen atoms in total. The van der Waals surface area contributed by atoms with Gasteiger partial charge >= 0.3 is 6.09 Å². The summed E-state index contributed by atoms with van der Waals surface area (Å²) in [7, 11) is -1.98. The summed E-state index contributed by atoms with van der Waals surface area (Å²) in [4.78, 5) is 12.5. The summed E-state index contributed by atoms with van der Waals surface area (Å²) >= 11 is 0. The largest absolute Gasteiger partial charge is 0.465 e. The first-order chi connectivity index (χ1) is 9.49. The molecule has 2 unspecified atom stereocenters. The molecule has 0 fully saturated rings. The van der Waals surface area contributed by atoms with Crippen LogP contribution in [0, 0.1) is 0 Å². The van der Waals surface area contributed by atoms with E-state index in [1.165, 1.54) is 0 Å². The highest BCUT2D eigenvalue weighted by Gasteiger charge is 2.39. The van der Waals surface area contributed by atoms with Crippen molar-refractivity contribution in [3.8, 4) is 0 Å². The summed E-state index contributed by atoms with van der Waals surface area (Å²) in [5.41, 5.74) is 0.455. The number of carboxylic acid groups (broad SMARTS) is 1. The fourth-order valence-corrected chi connectivity index (χ4v) is 2.93. The van der Waals surface area contributed by atoms with Gasteiger partial charge in [-0.25, -0.2) is 4.79 Å². The molecule has 1 aliphatic heterocycles. The van der Waals surface area contributed by atoms with Gasteiger partial charge in [-0.15, -0.1) is 0 Å². The van der Waals surface area contributed by atoms with Crippen molar-refractivity contribution in [1.29, 1.82) is 0 Å². The van der Waals surface area contributed by atoms with E-state index in [-0.39, 0.29) is 24.8 Å². The highest BCUT2D eigenvalue weighted by atomic mass is 28.4. The lowest BCUT2D eigenvalue weighted by Crippen LogP contribution is -2.52. The molecule has 0 saturated heterocycles. The molecule has 0 aromatic heterocycles. The minimum absolute atomic E-state index is 0.0345. The molecule has 0 aromatic carbocycles. The number of aliphatic hydroxyl groups is 2. The molecule has 0 bridgehead atoms. The number of β-amino-alcohol motifs (C(OH)–C–C–N with tert-alkyl or cyclic N) is 1. The van der Waals surface area contributed by atoms with Gasteiger partial charge in [0.1, 0.15) is 0 Å². The van der Waals surface area contributed by atoms with Gasteiger partial charge in [-0.3, -0.25) is 4.90 Å². The van der Waals surface area contributed by atoms with Crippen LogP contribution in [0.1, 0.15) is 20.8 Å². The zero-order valence-corrected chi connectivity index (χ0v) is 14.5. The van der Waals surface area contributed by atoms with Crippen LogP contribution in [0.4, 0.5) is 4.79 Å². The standard InChI is InChI=1S/C14H27NO5Si/c1-14(2,3)21(4,5)20-9-11-6-10(8-16)12(17)7-15(11)13(18)19/h6,11-12,16-17H,7-9H2,1-5H3,(H,18,19). The molecule has 2 atom stereocenters. The van der Waals surface area contributed by atoms with E-state index < -0.39 is 26.6 Å². The Labute approximate surface area is 127 Å². The third-order valence-corrected chi connectivity index (χ3v) is 8.95. The minimum atomic E-state index is -1.98. The predicted octanol–water partition coefficient (Wildman–Crippen LogP) is 1.65. The summed E-state index contributed by atoms with van der Waals surface area (Å²) in [6, 6.07) is -0.470. The van der Waals surface area contributed by atoms with Crippen LogP contribution in [0.5, 0.6) is 0 Å². The second kappa shape index (κ2) is 6.47. The number of amides is 1. The smallest absolute Gasteiger partial charge is 0.407 e. The SMILES string of the molecule is CC(C)(C)[Si](C)(C)OCC1C=C(CO)C(O)CN1C(=O)O. The van der Waals surface area contributed by atoms with E-state index in [9.17, 15) is 20.1 Å². The van der Waals surface area contributed by atoms with Crippen molar-refractivity contribution in [2.45, 2.75) is 51.0 Å².